The Kier molecular flexibility index (Phi) is 5.58. The minimum atomic E-state index is 0.0586. The van der Waals surface area contributed by atoms with Crippen LogP contribution in [0.4, 0.5) is 0 Å². The second-order valence-electron chi connectivity index (χ2n) is 6.06. The Morgan fingerprint density at radius 2 is 1.95 bits per heavy atom. The maximum absolute atomic E-state index is 9.46. The van der Waals surface area contributed by atoms with Crippen LogP contribution in [0.2, 0.25) is 0 Å². The molecule has 2 atom stereocenters. The van der Waals surface area contributed by atoms with Crippen LogP contribution in [0, 0.1) is 6.92 Å². The highest BCUT2D eigenvalue weighted by molar-refractivity contribution is 5.30. The molecule has 0 aromatic heterocycles. The van der Waals surface area contributed by atoms with Crippen molar-refractivity contribution in [3.63, 3.8) is 0 Å². The van der Waals surface area contributed by atoms with Gasteiger partial charge in [-0.15, -0.1) is 0 Å². The first-order valence-electron chi connectivity index (χ1n) is 7.83. The minimum absolute atomic E-state index is 0.0586. The van der Waals surface area contributed by atoms with Crippen molar-refractivity contribution in [2.45, 2.75) is 57.7 Å². The maximum atomic E-state index is 9.46. The van der Waals surface area contributed by atoms with Crippen molar-refractivity contribution < 1.29 is 5.11 Å². The van der Waals surface area contributed by atoms with Crippen LogP contribution in [0.5, 0.6) is 0 Å². The molecule has 2 rings (SSSR count). The second kappa shape index (κ2) is 7.21. The number of rotatable bonds is 6. The molecule has 0 radical (unpaired) electrons. The van der Waals surface area contributed by atoms with E-state index < -0.39 is 0 Å². The molecule has 0 aliphatic heterocycles. The lowest BCUT2D eigenvalue weighted by Crippen LogP contribution is -2.45. The van der Waals surface area contributed by atoms with Crippen molar-refractivity contribution in [2.24, 2.45) is 5.73 Å². The van der Waals surface area contributed by atoms with E-state index in [-0.39, 0.29) is 18.7 Å². The number of nitrogens with zero attached hydrogens (tertiary/aromatic N) is 1. The van der Waals surface area contributed by atoms with Crippen LogP contribution in [0.1, 0.15) is 49.8 Å². The molecule has 112 valence electrons. The first-order chi connectivity index (χ1) is 9.65. The summed E-state index contributed by atoms with van der Waals surface area (Å²) in [6.45, 7) is 5.14. The Hall–Kier alpha value is -0.900. The molecule has 1 fully saturated rings. The molecule has 2 unspecified atom stereocenters. The summed E-state index contributed by atoms with van der Waals surface area (Å²) in [4.78, 5) is 2.44. The fourth-order valence-electron chi connectivity index (χ4n) is 3.58. The van der Waals surface area contributed by atoms with Gasteiger partial charge in [-0.25, -0.2) is 0 Å². The first kappa shape index (κ1) is 15.5. The number of hydrogen-bond donors (Lipinski definition) is 2. The standard InChI is InChI=1S/C17H28N2O/c1-13-7-3-6-10-16(13)17(14(2)18)19(11-12-20)15-8-4-5-9-15/h3,6-7,10,14-15,17,20H,4-5,8-9,11-12,18H2,1-2H3. The molecule has 3 N–H and O–H groups in total. The van der Waals surface area contributed by atoms with Gasteiger partial charge in [0.15, 0.2) is 0 Å². The van der Waals surface area contributed by atoms with Crippen LogP contribution in [0.3, 0.4) is 0 Å². The van der Waals surface area contributed by atoms with Gasteiger partial charge in [0.1, 0.15) is 0 Å². The van der Waals surface area contributed by atoms with Crippen LogP contribution in [-0.2, 0) is 0 Å². The monoisotopic (exact) mass is 276 g/mol. The number of hydrogen-bond acceptors (Lipinski definition) is 3. The third-order valence-electron chi connectivity index (χ3n) is 4.51. The van der Waals surface area contributed by atoms with Gasteiger partial charge in [0.2, 0.25) is 0 Å². The summed E-state index contributed by atoms with van der Waals surface area (Å²) in [6.07, 6.45) is 5.06. The normalized spacial score (nSPS) is 19.4. The number of benzene rings is 1. The van der Waals surface area contributed by atoms with Crippen LogP contribution in [-0.4, -0.2) is 35.2 Å². The highest BCUT2D eigenvalue weighted by Gasteiger charge is 2.31. The number of aryl methyl sites for hydroxylation is 1. The zero-order valence-corrected chi connectivity index (χ0v) is 12.8. The van der Waals surface area contributed by atoms with Gasteiger partial charge in [-0.3, -0.25) is 4.90 Å². The Morgan fingerprint density at radius 1 is 1.30 bits per heavy atom. The van der Waals surface area contributed by atoms with E-state index in [1.54, 1.807) is 0 Å². The third kappa shape index (κ3) is 3.40. The van der Waals surface area contributed by atoms with Gasteiger partial charge in [0, 0.05) is 18.6 Å². The van der Waals surface area contributed by atoms with Crippen LogP contribution in [0.25, 0.3) is 0 Å². The van der Waals surface area contributed by atoms with Crippen molar-refractivity contribution in [3.05, 3.63) is 35.4 Å². The van der Waals surface area contributed by atoms with Crippen molar-refractivity contribution >= 4 is 0 Å². The fraction of sp³-hybridized carbons (Fsp3) is 0.647. The van der Waals surface area contributed by atoms with Crippen molar-refractivity contribution in [2.75, 3.05) is 13.2 Å². The summed E-state index contributed by atoms with van der Waals surface area (Å²) < 4.78 is 0. The van der Waals surface area contributed by atoms with Gasteiger partial charge in [-0.1, -0.05) is 37.1 Å². The molecule has 20 heavy (non-hydrogen) atoms. The van der Waals surface area contributed by atoms with E-state index in [4.69, 9.17) is 5.73 Å². The van der Waals surface area contributed by atoms with Gasteiger partial charge in [0.05, 0.1) is 12.6 Å². The summed E-state index contributed by atoms with van der Waals surface area (Å²) in [7, 11) is 0. The second-order valence-corrected chi connectivity index (χ2v) is 6.06. The Bertz CT molecular complexity index is 413. The lowest BCUT2D eigenvalue weighted by Gasteiger charge is -2.39. The Labute approximate surface area is 122 Å². The molecule has 3 heteroatoms. The van der Waals surface area contributed by atoms with E-state index in [9.17, 15) is 5.11 Å². The predicted octanol–water partition coefficient (Wildman–Crippen LogP) is 2.62. The predicted molar refractivity (Wildman–Crippen MR) is 83.6 cm³/mol. The molecule has 1 aromatic carbocycles. The Balaban J connectivity index is 2.31. The van der Waals surface area contributed by atoms with Crippen LogP contribution >= 0.6 is 0 Å². The van der Waals surface area contributed by atoms with Crippen molar-refractivity contribution in [1.29, 1.82) is 0 Å². The molecule has 0 saturated heterocycles. The number of aliphatic hydroxyl groups excluding tert-OH is 1. The first-order valence-corrected chi connectivity index (χ1v) is 7.83. The van der Waals surface area contributed by atoms with E-state index in [2.05, 4.69) is 43.0 Å². The lowest BCUT2D eigenvalue weighted by atomic mass is 9.93. The fourth-order valence-corrected chi connectivity index (χ4v) is 3.58. The summed E-state index contributed by atoms with van der Waals surface area (Å²) in [5, 5.41) is 9.46. The molecule has 1 aliphatic carbocycles. The molecule has 0 heterocycles. The molecule has 0 amide bonds. The zero-order chi connectivity index (χ0) is 14.5. The summed E-state index contributed by atoms with van der Waals surface area (Å²) in [5.41, 5.74) is 8.91. The smallest absolute Gasteiger partial charge is 0.0558 e. The van der Waals surface area contributed by atoms with Gasteiger partial charge < -0.3 is 10.8 Å². The maximum Gasteiger partial charge on any atom is 0.0558 e. The quantitative estimate of drug-likeness (QED) is 0.839. The highest BCUT2D eigenvalue weighted by atomic mass is 16.3. The van der Waals surface area contributed by atoms with Crippen molar-refractivity contribution in [3.8, 4) is 0 Å². The molecule has 1 saturated carbocycles. The van der Waals surface area contributed by atoms with Crippen molar-refractivity contribution in [1.82, 2.24) is 4.90 Å². The van der Waals surface area contributed by atoms with Gasteiger partial charge in [-0.05, 0) is 37.8 Å². The average molecular weight is 276 g/mol. The van der Waals surface area contributed by atoms with E-state index in [0.29, 0.717) is 12.6 Å². The average Bonchev–Trinajstić information content (AvgIpc) is 2.93. The molecule has 0 bridgehead atoms. The van der Waals surface area contributed by atoms with Crippen LogP contribution < -0.4 is 5.73 Å². The summed E-state index contributed by atoms with van der Waals surface area (Å²) in [6, 6.07) is 9.32. The highest BCUT2D eigenvalue weighted by Crippen LogP contribution is 2.33. The number of aliphatic hydroxyl groups is 1. The summed E-state index contributed by atoms with van der Waals surface area (Å²) in [5.74, 6) is 0. The molecule has 0 spiro atoms. The molecular formula is C17H28N2O. The topological polar surface area (TPSA) is 49.5 Å². The van der Waals surface area contributed by atoms with Gasteiger partial charge >= 0.3 is 0 Å². The largest absolute Gasteiger partial charge is 0.395 e. The SMILES string of the molecule is Cc1ccccc1C(C(C)N)N(CCO)C1CCCC1. The van der Waals surface area contributed by atoms with Gasteiger partial charge in [-0.2, -0.15) is 0 Å². The zero-order valence-electron chi connectivity index (χ0n) is 12.8. The van der Waals surface area contributed by atoms with Crippen LogP contribution in [0.15, 0.2) is 24.3 Å². The summed E-state index contributed by atoms with van der Waals surface area (Å²) >= 11 is 0. The lowest BCUT2D eigenvalue weighted by molar-refractivity contribution is 0.0919. The van der Waals surface area contributed by atoms with E-state index in [1.165, 1.54) is 36.8 Å². The molecular weight excluding hydrogens is 248 g/mol. The Morgan fingerprint density at radius 3 is 2.50 bits per heavy atom. The third-order valence-corrected chi connectivity index (χ3v) is 4.51. The number of nitrogens with two attached hydrogens (primary N) is 1. The molecule has 1 aromatic rings. The molecule has 3 nitrogen and oxygen atoms in total. The molecule has 1 aliphatic rings. The van der Waals surface area contributed by atoms with Gasteiger partial charge in [0.25, 0.3) is 0 Å². The van der Waals surface area contributed by atoms with E-state index >= 15 is 0 Å². The minimum Gasteiger partial charge on any atom is -0.395 e. The van der Waals surface area contributed by atoms with E-state index in [0.717, 1.165) is 0 Å². The van der Waals surface area contributed by atoms with E-state index in [1.807, 2.05) is 0 Å².